The van der Waals surface area contributed by atoms with E-state index < -0.39 is 6.04 Å². The third kappa shape index (κ3) is 2.85. The molecule has 5 nitrogen and oxygen atoms in total. The van der Waals surface area contributed by atoms with Gasteiger partial charge in [-0.2, -0.15) is 5.10 Å². The molecular formula is C12H21N3O2. The first-order chi connectivity index (χ1) is 7.81. The van der Waals surface area contributed by atoms with Gasteiger partial charge < -0.3 is 10.1 Å². The van der Waals surface area contributed by atoms with Crippen molar-refractivity contribution in [1.29, 1.82) is 0 Å². The Morgan fingerprint density at radius 1 is 1.53 bits per heavy atom. The second-order valence-electron chi connectivity index (χ2n) is 5.10. The van der Waals surface area contributed by atoms with Crippen LogP contribution in [0.2, 0.25) is 0 Å². The molecule has 0 radical (unpaired) electrons. The van der Waals surface area contributed by atoms with Crippen LogP contribution in [-0.4, -0.2) is 29.9 Å². The number of methoxy groups -OCH3 is 1. The van der Waals surface area contributed by atoms with Gasteiger partial charge in [0.25, 0.3) is 0 Å². The maximum atomic E-state index is 11.7. The van der Waals surface area contributed by atoms with Gasteiger partial charge in [-0.05, 0) is 7.05 Å². The summed E-state index contributed by atoms with van der Waals surface area (Å²) in [7, 11) is 4.98. The predicted octanol–water partition coefficient (Wildman–Crippen LogP) is 1.15. The van der Waals surface area contributed by atoms with Gasteiger partial charge in [-0.15, -0.1) is 0 Å². The van der Waals surface area contributed by atoms with Crippen LogP contribution in [0.4, 0.5) is 0 Å². The van der Waals surface area contributed by atoms with Gasteiger partial charge >= 0.3 is 5.97 Å². The van der Waals surface area contributed by atoms with Crippen molar-refractivity contribution < 1.29 is 9.53 Å². The minimum absolute atomic E-state index is 0.111. The smallest absolute Gasteiger partial charge is 0.327 e. The first-order valence-electron chi connectivity index (χ1n) is 5.60. The number of nitrogens with zero attached hydrogens (tertiary/aromatic N) is 2. The van der Waals surface area contributed by atoms with E-state index in [9.17, 15) is 4.79 Å². The van der Waals surface area contributed by atoms with Crippen molar-refractivity contribution in [3.8, 4) is 0 Å². The highest BCUT2D eigenvalue weighted by molar-refractivity contribution is 5.77. The molecule has 0 saturated heterocycles. The standard InChI is InChI=1S/C12H21N3O2/c1-12(2,3)10-8(7-15(5)14-10)9(13-4)11(16)17-6/h7,9,13H,1-6H3. The molecule has 0 aliphatic heterocycles. The topological polar surface area (TPSA) is 56.1 Å². The van der Waals surface area contributed by atoms with Crippen LogP contribution < -0.4 is 5.32 Å². The lowest BCUT2D eigenvalue weighted by atomic mass is 9.87. The SMILES string of the molecule is CNC(C(=O)OC)c1cn(C)nc1C(C)(C)C. The Balaban J connectivity index is 3.24. The summed E-state index contributed by atoms with van der Waals surface area (Å²) in [5, 5.41) is 7.40. The number of hydrogen-bond acceptors (Lipinski definition) is 4. The molecule has 1 rings (SSSR count). The number of esters is 1. The summed E-state index contributed by atoms with van der Waals surface area (Å²) in [6, 6.07) is -0.470. The number of carbonyl (C=O) groups excluding carboxylic acids is 1. The van der Waals surface area contributed by atoms with E-state index in [4.69, 9.17) is 4.74 Å². The van der Waals surface area contributed by atoms with Crippen LogP contribution in [0.3, 0.4) is 0 Å². The quantitative estimate of drug-likeness (QED) is 0.804. The Morgan fingerprint density at radius 3 is 2.53 bits per heavy atom. The van der Waals surface area contributed by atoms with Crippen LogP contribution >= 0.6 is 0 Å². The Morgan fingerprint density at radius 2 is 2.12 bits per heavy atom. The average molecular weight is 239 g/mol. The first kappa shape index (κ1) is 13.7. The number of carbonyl (C=O) groups is 1. The van der Waals surface area contributed by atoms with Crippen LogP contribution in [0.25, 0.3) is 0 Å². The van der Waals surface area contributed by atoms with E-state index in [1.165, 1.54) is 7.11 Å². The number of nitrogens with one attached hydrogen (secondary N) is 1. The minimum Gasteiger partial charge on any atom is -0.468 e. The summed E-state index contributed by atoms with van der Waals surface area (Å²) >= 11 is 0. The van der Waals surface area contributed by atoms with E-state index >= 15 is 0 Å². The maximum absolute atomic E-state index is 11.7. The molecule has 0 bridgehead atoms. The van der Waals surface area contributed by atoms with Crippen LogP contribution in [0.1, 0.15) is 38.1 Å². The summed E-state index contributed by atoms with van der Waals surface area (Å²) in [6.45, 7) is 6.22. The lowest BCUT2D eigenvalue weighted by Crippen LogP contribution is -2.29. The Labute approximate surface area is 102 Å². The number of ether oxygens (including phenoxy) is 1. The summed E-state index contributed by atoms with van der Waals surface area (Å²) in [5.41, 5.74) is 1.67. The van der Waals surface area contributed by atoms with Crippen LogP contribution in [0.5, 0.6) is 0 Å². The second kappa shape index (κ2) is 4.87. The predicted molar refractivity (Wildman–Crippen MR) is 65.7 cm³/mol. The van der Waals surface area contributed by atoms with Crippen molar-refractivity contribution in [3.63, 3.8) is 0 Å². The number of likely N-dealkylation sites (N-methyl/N-ethyl adjacent to an activating group) is 1. The zero-order valence-electron chi connectivity index (χ0n) is 11.4. The van der Waals surface area contributed by atoms with E-state index in [-0.39, 0.29) is 11.4 Å². The number of aromatic nitrogens is 2. The maximum Gasteiger partial charge on any atom is 0.327 e. The van der Waals surface area contributed by atoms with E-state index in [1.807, 2.05) is 13.2 Å². The fraction of sp³-hybridized carbons (Fsp3) is 0.667. The monoisotopic (exact) mass is 239 g/mol. The first-order valence-corrected chi connectivity index (χ1v) is 5.60. The molecule has 1 atom stereocenters. The van der Waals surface area contributed by atoms with Crippen molar-refractivity contribution in [1.82, 2.24) is 15.1 Å². The molecule has 1 N–H and O–H groups in total. The van der Waals surface area contributed by atoms with Gasteiger partial charge in [-0.25, -0.2) is 4.79 Å². The average Bonchev–Trinajstić information content (AvgIpc) is 2.60. The molecule has 0 spiro atoms. The van der Waals surface area contributed by atoms with Crippen LogP contribution in [0.15, 0.2) is 6.20 Å². The summed E-state index contributed by atoms with van der Waals surface area (Å²) in [4.78, 5) is 11.7. The van der Waals surface area contributed by atoms with Gasteiger partial charge in [0.05, 0.1) is 12.8 Å². The van der Waals surface area contributed by atoms with Crippen LogP contribution in [0, 0.1) is 0 Å². The van der Waals surface area contributed by atoms with Crippen molar-refractivity contribution >= 4 is 5.97 Å². The highest BCUT2D eigenvalue weighted by Crippen LogP contribution is 2.28. The Hall–Kier alpha value is -1.36. The fourth-order valence-corrected chi connectivity index (χ4v) is 1.82. The highest BCUT2D eigenvalue weighted by Gasteiger charge is 2.30. The number of hydrogen-bond donors (Lipinski definition) is 1. The van der Waals surface area contributed by atoms with Crippen molar-refractivity contribution in [2.45, 2.75) is 32.2 Å². The van der Waals surface area contributed by atoms with Gasteiger partial charge in [-0.1, -0.05) is 20.8 Å². The molecule has 0 aliphatic rings. The molecule has 1 heterocycles. The molecule has 1 unspecified atom stereocenters. The number of rotatable bonds is 3. The highest BCUT2D eigenvalue weighted by atomic mass is 16.5. The van der Waals surface area contributed by atoms with Gasteiger partial charge in [0.2, 0.25) is 0 Å². The summed E-state index contributed by atoms with van der Waals surface area (Å²) in [6.07, 6.45) is 1.86. The zero-order chi connectivity index (χ0) is 13.2. The second-order valence-corrected chi connectivity index (χ2v) is 5.10. The van der Waals surface area contributed by atoms with E-state index in [1.54, 1.807) is 11.7 Å². The summed E-state index contributed by atoms with van der Waals surface area (Å²) in [5.74, 6) is -0.300. The number of aryl methyl sites for hydroxylation is 1. The molecule has 0 fully saturated rings. The van der Waals surface area contributed by atoms with Gasteiger partial charge in [0.1, 0.15) is 6.04 Å². The lowest BCUT2D eigenvalue weighted by Gasteiger charge is -2.21. The molecule has 1 aromatic heterocycles. The van der Waals surface area contributed by atoms with Gasteiger partial charge in [0, 0.05) is 24.2 Å². The molecular weight excluding hydrogens is 218 g/mol. The Kier molecular flexibility index (Phi) is 3.93. The van der Waals surface area contributed by atoms with Gasteiger partial charge in [0.15, 0.2) is 0 Å². The molecule has 0 aliphatic carbocycles. The molecule has 0 aromatic carbocycles. The van der Waals surface area contributed by atoms with E-state index in [2.05, 4.69) is 31.2 Å². The minimum atomic E-state index is -0.470. The lowest BCUT2D eigenvalue weighted by molar-refractivity contribution is -0.143. The third-order valence-electron chi connectivity index (χ3n) is 2.60. The fourth-order valence-electron chi connectivity index (χ4n) is 1.82. The third-order valence-corrected chi connectivity index (χ3v) is 2.60. The largest absolute Gasteiger partial charge is 0.468 e. The zero-order valence-corrected chi connectivity index (χ0v) is 11.4. The van der Waals surface area contributed by atoms with Gasteiger partial charge in [-0.3, -0.25) is 4.68 Å². The van der Waals surface area contributed by atoms with Crippen LogP contribution in [-0.2, 0) is 22.0 Å². The molecule has 96 valence electrons. The van der Waals surface area contributed by atoms with Crippen molar-refractivity contribution in [2.75, 3.05) is 14.2 Å². The van der Waals surface area contributed by atoms with E-state index in [0.29, 0.717) is 0 Å². The molecule has 17 heavy (non-hydrogen) atoms. The normalized spacial score (nSPS) is 13.5. The summed E-state index contributed by atoms with van der Waals surface area (Å²) < 4.78 is 6.52. The molecule has 0 amide bonds. The molecule has 1 aromatic rings. The molecule has 0 saturated carbocycles. The van der Waals surface area contributed by atoms with E-state index in [0.717, 1.165) is 11.3 Å². The van der Waals surface area contributed by atoms with Crippen molar-refractivity contribution in [3.05, 3.63) is 17.5 Å². The van der Waals surface area contributed by atoms with Crippen molar-refractivity contribution in [2.24, 2.45) is 7.05 Å². The molecule has 5 heteroatoms. The Bertz CT molecular complexity index is 404.